The minimum absolute atomic E-state index is 0. The molecule has 29 heavy (non-hydrogen) atoms. The number of hydrogen-bond donors (Lipinski definition) is 1. The van der Waals surface area contributed by atoms with Crippen LogP contribution in [0.2, 0.25) is 0 Å². The van der Waals surface area contributed by atoms with E-state index in [4.69, 9.17) is 0 Å². The number of imidazole rings is 1. The van der Waals surface area contributed by atoms with E-state index in [1.807, 2.05) is 32.5 Å². The summed E-state index contributed by atoms with van der Waals surface area (Å²) in [4.78, 5) is 18.8. The summed E-state index contributed by atoms with van der Waals surface area (Å²) in [7, 11) is 0. The Morgan fingerprint density at radius 1 is 0.862 bits per heavy atom. The third-order valence-corrected chi connectivity index (χ3v) is 3.95. The third-order valence-electron chi connectivity index (χ3n) is 3.38. The van der Waals surface area contributed by atoms with Gasteiger partial charge in [-0.3, -0.25) is 15.0 Å². The number of aromatic amines is 1. The number of nitrogens with zero attached hydrogens (tertiary/aromatic N) is 4. The summed E-state index contributed by atoms with van der Waals surface area (Å²) >= 11 is 3.29. The zero-order valence-corrected chi connectivity index (χ0v) is 17.4. The van der Waals surface area contributed by atoms with Crippen molar-refractivity contribution in [3.8, 4) is 0 Å². The predicted octanol–water partition coefficient (Wildman–Crippen LogP) is 7.49. The summed E-state index contributed by atoms with van der Waals surface area (Å²) in [6.07, 6.45) is 19.7. The molecule has 0 bridgehead atoms. The molecular weight excluding hydrogens is 426 g/mol. The second-order valence-electron chi connectivity index (χ2n) is 5.60. The van der Waals surface area contributed by atoms with Crippen molar-refractivity contribution in [2.75, 3.05) is 5.33 Å². The van der Waals surface area contributed by atoms with E-state index in [1.165, 1.54) is 5.70 Å². The van der Waals surface area contributed by atoms with Gasteiger partial charge in [0.15, 0.2) is 0 Å². The highest BCUT2D eigenvalue weighted by molar-refractivity contribution is 9.09. The molecule has 5 nitrogen and oxygen atoms in total. The number of halogens is 1. The molecule has 0 radical (unpaired) electrons. The quantitative estimate of drug-likeness (QED) is 0.451. The van der Waals surface area contributed by atoms with Gasteiger partial charge in [-0.1, -0.05) is 63.4 Å². The van der Waals surface area contributed by atoms with Gasteiger partial charge in [-0.05, 0) is 20.3 Å². The van der Waals surface area contributed by atoms with E-state index >= 15 is 0 Å². The SMILES string of the molecule is BrCC1=CCC=N1.C.C.C.CC1=CCC=N1.CCC1=CCC=N1.Cc1cnc[nH]1. The van der Waals surface area contributed by atoms with Gasteiger partial charge >= 0.3 is 0 Å². The largest absolute Gasteiger partial charge is 0.349 e. The molecule has 1 N–H and O–H groups in total. The van der Waals surface area contributed by atoms with Crippen LogP contribution in [0.5, 0.6) is 0 Å². The highest BCUT2D eigenvalue weighted by Gasteiger charge is 1.93. The van der Waals surface area contributed by atoms with Gasteiger partial charge in [0.2, 0.25) is 0 Å². The fraction of sp³-hybridized carbons (Fsp3) is 0.478. The minimum atomic E-state index is 0. The van der Waals surface area contributed by atoms with Crippen molar-refractivity contribution in [1.82, 2.24) is 9.97 Å². The molecule has 0 amide bonds. The number of allylic oxidation sites excluding steroid dienone is 6. The van der Waals surface area contributed by atoms with Gasteiger partial charge in [-0.25, -0.2) is 4.98 Å². The van der Waals surface area contributed by atoms with Gasteiger partial charge in [0.1, 0.15) is 0 Å². The molecule has 0 saturated carbocycles. The lowest BCUT2D eigenvalue weighted by molar-refractivity contribution is 1.08. The van der Waals surface area contributed by atoms with Gasteiger partial charge in [-0.15, -0.1) is 0 Å². The van der Waals surface area contributed by atoms with Crippen LogP contribution in [0.15, 0.2) is 62.8 Å². The molecule has 0 spiro atoms. The minimum Gasteiger partial charge on any atom is -0.349 e. The molecule has 3 aliphatic heterocycles. The smallest absolute Gasteiger partial charge is 0.0921 e. The Balaban J connectivity index is -0.000000301. The van der Waals surface area contributed by atoms with Crippen molar-refractivity contribution in [3.05, 3.63) is 53.5 Å². The van der Waals surface area contributed by atoms with E-state index in [1.54, 1.807) is 12.5 Å². The van der Waals surface area contributed by atoms with Crippen LogP contribution in [-0.4, -0.2) is 33.9 Å². The molecule has 0 saturated heterocycles. The van der Waals surface area contributed by atoms with E-state index in [2.05, 4.69) is 66.0 Å². The Morgan fingerprint density at radius 3 is 1.59 bits per heavy atom. The average Bonchev–Trinajstić information content (AvgIpc) is 3.44. The molecule has 0 fully saturated rings. The molecule has 1 aromatic heterocycles. The normalized spacial score (nSPS) is 14.1. The van der Waals surface area contributed by atoms with E-state index in [9.17, 15) is 0 Å². The Bertz CT molecular complexity index is 647. The number of hydrogen-bond acceptors (Lipinski definition) is 4. The van der Waals surface area contributed by atoms with E-state index in [0.717, 1.165) is 48.1 Å². The fourth-order valence-corrected chi connectivity index (χ4v) is 2.32. The molecule has 6 heteroatoms. The van der Waals surface area contributed by atoms with Crippen LogP contribution in [-0.2, 0) is 0 Å². The van der Waals surface area contributed by atoms with Crippen molar-refractivity contribution >= 4 is 34.6 Å². The molecule has 0 unspecified atom stereocenters. The first-order chi connectivity index (χ1) is 12.7. The Labute approximate surface area is 187 Å². The van der Waals surface area contributed by atoms with Gasteiger partial charge < -0.3 is 4.98 Å². The molecule has 164 valence electrons. The third kappa shape index (κ3) is 16.6. The summed E-state index contributed by atoms with van der Waals surface area (Å²) in [6.45, 7) is 6.09. The van der Waals surface area contributed by atoms with Crippen LogP contribution in [0.3, 0.4) is 0 Å². The van der Waals surface area contributed by atoms with Crippen LogP contribution < -0.4 is 0 Å². The molecule has 4 heterocycles. The van der Waals surface area contributed by atoms with Crippen LogP contribution in [0.25, 0.3) is 0 Å². The van der Waals surface area contributed by atoms with E-state index < -0.39 is 0 Å². The Hall–Kier alpha value is -2.08. The first-order valence-electron chi connectivity index (χ1n) is 8.79. The molecule has 0 aromatic carbocycles. The lowest BCUT2D eigenvalue weighted by Gasteiger charge is -1.83. The number of H-pyrrole nitrogens is 1. The topological polar surface area (TPSA) is 65.8 Å². The maximum atomic E-state index is 4.09. The maximum absolute atomic E-state index is 4.09. The van der Waals surface area contributed by atoms with Crippen LogP contribution in [0.1, 0.15) is 67.5 Å². The van der Waals surface area contributed by atoms with Gasteiger partial charge in [-0.2, -0.15) is 0 Å². The highest BCUT2D eigenvalue weighted by atomic mass is 79.9. The second kappa shape index (κ2) is 20.6. The van der Waals surface area contributed by atoms with Gasteiger partial charge in [0, 0.05) is 72.2 Å². The van der Waals surface area contributed by atoms with Crippen LogP contribution in [0, 0.1) is 6.92 Å². The lowest BCUT2D eigenvalue weighted by Crippen LogP contribution is -1.69. The van der Waals surface area contributed by atoms with E-state index in [0.29, 0.717) is 0 Å². The number of rotatable bonds is 2. The summed E-state index contributed by atoms with van der Waals surface area (Å²) in [5.41, 5.74) is 4.64. The molecule has 4 rings (SSSR count). The van der Waals surface area contributed by atoms with Gasteiger partial charge in [0.05, 0.1) is 6.33 Å². The number of alkyl halides is 1. The zero-order chi connectivity index (χ0) is 19.0. The Morgan fingerprint density at radius 2 is 1.41 bits per heavy atom. The summed E-state index contributed by atoms with van der Waals surface area (Å²) < 4.78 is 0. The first-order valence-corrected chi connectivity index (χ1v) is 9.91. The average molecular weight is 467 g/mol. The molecule has 0 atom stereocenters. The van der Waals surface area contributed by atoms with Crippen molar-refractivity contribution in [1.29, 1.82) is 0 Å². The van der Waals surface area contributed by atoms with Crippen LogP contribution >= 0.6 is 15.9 Å². The fourth-order valence-electron chi connectivity index (χ4n) is 1.95. The number of aromatic nitrogens is 2. The lowest BCUT2D eigenvalue weighted by atomic mass is 10.3. The maximum Gasteiger partial charge on any atom is 0.0921 e. The number of nitrogens with one attached hydrogen (secondary N) is 1. The van der Waals surface area contributed by atoms with Crippen molar-refractivity contribution in [2.24, 2.45) is 15.0 Å². The summed E-state index contributed by atoms with van der Waals surface area (Å²) in [5, 5.41) is 0.892. The molecule has 3 aliphatic rings. The van der Waals surface area contributed by atoms with Crippen molar-refractivity contribution in [3.63, 3.8) is 0 Å². The standard InChI is InChI=1S/C6H9N.C5H6BrN.C5H7N.C4H6N2.3CH4/c1-2-6-4-3-5-7-6;6-4-5-2-1-3-7-5;1-5-3-2-4-6-5;1-4-2-5-3-6-4;;;/h4-5H,2-3H2,1H3;2-3H,1,4H2;3-4H,2H2,1H3;2-3H,1H3,(H,5,6);3*1H4. The van der Waals surface area contributed by atoms with Crippen molar-refractivity contribution < 1.29 is 0 Å². The predicted molar refractivity (Wildman–Crippen MR) is 137 cm³/mol. The molecule has 1 aromatic rings. The zero-order valence-electron chi connectivity index (χ0n) is 15.8. The summed E-state index contributed by atoms with van der Waals surface area (Å²) in [6, 6.07) is 0. The monoisotopic (exact) mass is 465 g/mol. The summed E-state index contributed by atoms with van der Waals surface area (Å²) in [5.74, 6) is 0. The highest BCUT2D eigenvalue weighted by Crippen LogP contribution is 2.07. The van der Waals surface area contributed by atoms with Gasteiger partial charge in [0.25, 0.3) is 0 Å². The van der Waals surface area contributed by atoms with Crippen LogP contribution in [0.4, 0.5) is 0 Å². The number of aliphatic imine (C=N–C) groups is 3. The van der Waals surface area contributed by atoms with E-state index in [-0.39, 0.29) is 22.3 Å². The molecular formula is C23H40BrN5. The Kier molecular flexibility index (Phi) is 22.5. The van der Waals surface area contributed by atoms with Crippen molar-refractivity contribution in [2.45, 2.75) is 68.7 Å². The first kappa shape index (κ1) is 31.6. The second-order valence-corrected chi connectivity index (χ2v) is 6.16. The number of aryl methyl sites for hydroxylation is 1. The molecule has 0 aliphatic carbocycles.